The predicted molar refractivity (Wildman–Crippen MR) is 63.7 cm³/mol. The second-order valence-electron chi connectivity index (χ2n) is 5.37. The van der Waals surface area contributed by atoms with Gasteiger partial charge in [-0.15, -0.1) is 0 Å². The fourth-order valence-electron chi connectivity index (χ4n) is 2.60. The van der Waals surface area contributed by atoms with Crippen LogP contribution < -0.4 is 10.5 Å². The molecule has 0 aromatic carbocycles. The molecule has 1 aliphatic carbocycles. The first kappa shape index (κ1) is 11.5. The van der Waals surface area contributed by atoms with Gasteiger partial charge in [0, 0.05) is 23.6 Å². The second-order valence-corrected chi connectivity index (χ2v) is 5.37. The lowest BCUT2D eigenvalue weighted by Crippen LogP contribution is -2.43. The highest BCUT2D eigenvalue weighted by atomic mass is 16.5. The third kappa shape index (κ3) is 1.36. The molecule has 0 spiro atoms. The van der Waals surface area contributed by atoms with Crippen molar-refractivity contribution in [2.75, 3.05) is 7.11 Å². The zero-order valence-corrected chi connectivity index (χ0v) is 10.8. The van der Waals surface area contributed by atoms with E-state index in [9.17, 15) is 0 Å². The largest absolute Gasteiger partial charge is 0.481 e. The first-order valence-electron chi connectivity index (χ1n) is 5.70. The molecule has 2 N–H and O–H groups in total. The second kappa shape index (κ2) is 3.23. The fraction of sp³-hybridized carbons (Fsp3) is 0.750. The number of hydrogen-bond donors (Lipinski definition) is 1. The maximum absolute atomic E-state index is 6.37. The van der Waals surface area contributed by atoms with Crippen LogP contribution in [0.3, 0.4) is 0 Å². The van der Waals surface area contributed by atoms with Gasteiger partial charge in [0.15, 0.2) is 0 Å². The molecule has 0 amide bonds. The molecule has 1 saturated carbocycles. The first-order chi connectivity index (χ1) is 7.33. The van der Waals surface area contributed by atoms with Gasteiger partial charge < -0.3 is 10.5 Å². The Bertz CT molecular complexity index is 416. The molecular weight excluding hydrogens is 202 g/mol. The number of hydrogen-bond acceptors (Lipinski definition) is 3. The van der Waals surface area contributed by atoms with Crippen molar-refractivity contribution in [2.24, 2.45) is 12.8 Å². The third-order valence-electron chi connectivity index (χ3n) is 4.02. The molecule has 4 nitrogen and oxygen atoms in total. The van der Waals surface area contributed by atoms with E-state index >= 15 is 0 Å². The van der Waals surface area contributed by atoms with E-state index in [1.165, 1.54) is 0 Å². The lowest BCUT2D eigenvalue weighted by Gasteiger charge is -2.32. The fourth-order valence-corrected chi connectivity index (χ4v) is 2.60. The summed E-state index contributed by atoms with van der Waals surface area (Å²) in [6.07, 6.45) is 2.16. The Morgan fingerprint density at radius 2 is 2.00 bits per heavy atom. The molecule has 1 aliphatic rings. The Morgan fingerprint density at radius 1 is 1.44 bits per heavy atom. The quantitative estimate of drug-likeness (QED) is 0.845. The van der Waals surface area contributed by atoms with Gasteiger partial charge in [0.2, 0.25) is 5.88 Å². The van der Waals surface area contributed by atoms with Crippen molar-refractivity contribution >= 4 is 0 Å². The summed E-state index contributed by atoms with van der Waals surface area (Å²) in [7, 11) is 3.59. The Morgan fingerprint density at radius 3 is 2.44 bits per heavy atom. The molecule has 0 bridgehead atoms. The van der Waals surface area contributed by atoms with Crippen LogP contribution in [0.4, 0.5) is 0 Å². The minimum atomic E-state index is -0.0892. The van der Waals surface area contributed by atoms with Crippen molar-refractivity contribution in [3.05, 3.63) is 11.3 Å². The highest BCUT2D eigenvalue weighted by Crippen LogP contribution is 2.51. The minimum Gasteiger partial charge on any atom is -0.481 e. The molecule has 0 unspecified atom stereocenters. The van der Waals surface area contributed by atoms with E-state index in [0.717, 1.165) is 30.0 Å². The van der Waals surface area contributed by atoms with Gasteiger partial charge in [-0.05, 0) is 19.8 Å². The van der Waals surface area contributed by atoms with Crippen LogP contribution in [0.5, 0.6) is 5.88 Å². The van der Waals surface area contributed by atoms with Gasteiger partial charge in [-0.1, -0.05) is 13.8 Å². The highest BCUT2D eigenvalue weighted by molar-refractivity contribution is 5.42. The molecule has 2 rings (SSSR count). The van der Waals surface area contributed by atoms with Crippen molar-refractivity contribution in [1.82, 2.24) is 9.78 Å². The van der Waals surface area contributed by atoms with Gasteiger partial charge in [0.05, 0.1) is 12.8 Å². The standard InChI is InChI=1S/C12H21N3O/c1-8-9(10(16-5)15(4)14-8)11(2,3)12(13)6-7-12/h6-7,13H2,1-5H3. The zero-order chi connectivity index (χ0) is 12.1. The minimum absolute atomic E-state index is 0.0866. The number of aryl methyl sites for hydroxylation is 2. The van der Waals surface area contributed by atoms with Gasteiger partial charge in [-0.25, -0.2) is 4.68 Å². The summed E-state index contributed by atoms with van der Waals surface area (Å²) in [6, 6.07) is 0. The van der Waals surface area contributed by atoms with Crippen molar-refractivity contribution in [1.29, 1.82) is 0 Å². The summed E-state index contributed by atoms with van der Waals surface area (Å²) in [5, 5.41) is 4.43. The van der Waals surface area contributed by atoms with Crippen molar-refractivity contribution < 1.29 is 4.74 Å². The summed E-state index contributed by atoms with van der Waals surface area (Å²) in [5.41, 5.74) is 8.36. The SMILES string of the molecule is COc1c(C(C)(C)C2(N)CC2)c(C)nn1C. The molecule has 1 aromatic rings. The summed E-state index contributed by atoms with van der Waals surface area (Å²) in [4.78, 5) is 0. The normalized spacial score (nSPS) is 18.6. The molecule has 1 fully saturated rings. The number of nitrogens with two attached hydrogens (primary N) is 1. The summed E-state index contributed by atoms with van der Waals surface area (Å²) in [6.45, 7) is 6.39. The summed E-state index contributed by atoms with van der Waals surface area (Å²) < 4.78 is 7.24. The monoisotopic (exact) mass is 223 g/mol. The van der Waals surface area contributed by atoms with E-state index in [4.69, 9.17) is 10.5 Å². The Balaban J connectivity index is 2.54. The molecule has 16 heavy (non-hydrogen) atoms. The van der Waals surface area contributed by atoms with E-state index in [0.29, 0.717) is 0 Å². The van der Waals surface area contributed by atoms with Crippen LogP contribution in [0.2, 0.25) is 0 Å². The molecule has 4 heteroatoms. The van der Waals surface area contributed by atoms with Crippen LogP contribution in [0.15, 0.2) is 0 Å². The van der Waals surface area contributed by atoms with Crippen LogP contribution in [-0.4, -0.2) is 22.4 Å². The first-order valence-corrected chi connectivity index (χ1v) is 5.70. The molecule has 0 aliphatic heterocycles. The molecule has 1 heterocycles. The smallest absolute Gasteiger partial charge is 0.215 e. The van der Waals surface area contributed by atoms with E-state index in [1.54, 1.807) is 11.8 Å². The van der Waals surface area contributed by atoms with Crippen LogP contribution in [0.25, 0.3) is 0 Å². The van der Waals surface area contributed by atoms with Gasteiger partial charge in [-0.2, -0.15) is 5.10 Å². The van der Waals surface area contributed by atoms with Gasteiger partial charge in [-0.3, -0.25) is 0 Å². The van der Waals surface area contributed by atoms with Crippen LogP contribution in [0.1, 0.15) is 37.9 Å². The van der Waals surface area contributed by atoms with Crippen molar-refractivity contribution in [3.8, 4) is 5.88 Å². The van der Waals surface area contributed by atoms with Gasteiger partial charge in [0.25, 0.3) is 0 Å². The maximum Gasteiger partial charge on any atom is 0.215 e. The molecule has 0 saturated heterocycles. The summed E-state index contributed by atoms with van der Waals surface area (Å²) in [5.74, 6) is 0.833. The number of rotatable bonds is 3. The van der Waals surface area contributed by atoms with Crippen LogP contribution >= 0.6 is 0 Å². The number of ether oxygens (including phenoxy) is 1. The van der Waals surface area contributed by atoms with E-state index in [2.05, 4.69) is 18.9 Å². The topological polar surface area (TPSA) is 53.1 Å². The number of nitrogens with zero attached hydrogens (tertiary/aromatic N) is 2. The summed E-state index contributed by atoms with van der Waals surface area (Å²) >= 11 is 0. The number of aromatic nitrogens is 2. The molecule has 90 valence electrons. The van der Waals surface area contributed by atoms with Crippen molar-refractivity contribution in [3.63, 3.8) is 0 Å². The van der Waals surface area contributed by atoms with Crippen LogP contribution in [0, 0.1) is 6.92 Å². The third-order valence-corrected chi connectivity index (χ3v) is 4.02. The highest BCUT2D eigenvalue weighted by Gasteiger charge is 2.54. The molecular formula is C12H21N3O. The Kier molecular flexibility index (Phi) is 2.31. The maximum atomic E-state index is 6.37. The molecule has 0 radical (unpaired) electrons. The Hall–Kier alpha value is -1.03. The van der Waals surface area contributed by atoms with Gasteiger partial charge >= 0.3 is 0 Å². The van der Waals surface area contributed by atoms with Gasteiger partial charge in [0.1, 0.15) is 0 Å². The van der Waals surface area contributed by atoms with E-state index in [1.807, 2.05) is 14.0 Å². The lowest BCUT2D eigenvalue weighted by molar-refractivity contribution is 0.335. The van der Waals surface area contributed by atoms with E-state index in [-0.39, 0.29) is 11.0 Å². The average Bonchev–Trinajstić information content (AvgIpc) is 2.85. The van der Waals surface area contributed by atoms with E-state index < -0.39 is 0 Å². The Labute approximate surface area is 96.8 Å². The number of methoxy groups -OCH3 is 1. The van der Waals surface area contributed by atoms with Crippen molar-refractivity contribution in [2.45, 2.75) is 44.6 Å². The molecule has 1 aromatic heterocycles. The van der Waals surface area contributed by atoms with Crippen LogP contribution in [-0.2, 0) is 12.5 Å². The predicted octanol–water partition coefficient (Wildman–Crippen LogP) is 1.51. The zero-order valence-electron chi connectivity index (χ0n) is 10.8. The lowest BCUT2D eigenvalue weighted by atomic mass is 9.76. The molecule has 0 atom stereocenters. The average molecular weight is 223 g/mol.